The molecule has 1 aliphatic heterocycles. The third kappa shape index (κ3) is 6.05. The fourth-order valence-corrected chi connectivity index (χ4v) is 3.95. The summed E-state index contributed by atoms with van der Waals surface area (Å²) in [5.74, 6) is 0.685. The highest BCUT2D eigenvalue weighted by molar-refractivity contribution is 5.93. The van der Waals surface area contributed by atoms with E-state index in [1.54, 1.807) is 4.90 Å². The summed E-state index contributed by atoms with van der Waals surface area (Å²) in [5.41, 5.74) is 1.12. The van der Waals surface area contributed by atoms with Crippen LogP contribution in [0.2, 0.25) is 0 Å². The average molecular weight is 442 g/mol. The van der Waals surface area contributed by atoms with E-state index in [4.69, 9.17) is 9.47 Å². The van der Waals surface area contributed by atoms with E-state index in [-0.39, 0.29) is 24.1 Å². The maximum Gasteiger partial charge on any atom is 0.410 e. The van der Waals surface area contributed by atoms with E-state index in [1.807, 2.05) is 81.8 Å². The standard InChI is InChI=1S/C25H35N3O4/c1-6-31-21-10-7-9-19(17-21)18(2)26-23(29)22-11-8-14-28(22)20-12-15-27(16-13-20)24(30)32-25(3,4)5/h7-11,14,17-18,20H,6,12-13,15-16H2,1-5H3,(H,26,29). The molecule has 0 saturated carbocycles. The van der Waals surface area contributed by atoms with Crippen LogP contribution in [0.1, 0.15) is 75.6 Å². The molecule has 1 atom stereocenters. The molecule has 0 spiro atoms. The van der Waals surface area contributed by atoms with E-state index in [1.165, 1.54) is 0 Å². The number of aromatic nitrogens is 1. The van der Waals surface area contributed by atoms with Crippen LogP contribution in [0.15, 0.2) is 42.6 Å². The highest BCUT2D eigenvalue weighted by Gasteiger charge is 2.29. The number of nitrogens with one attached hydrogen (secondary N) is 1. The lowest BCUT2D eigenvalue weighted by molar-refractivity contribution is 0.0187. The van der Waals surface area contributed by atoms with Gasteiger partial charge in [0.15, 0.2) is 0 Å². The molecule has 2 heterocycles. The summed E-state index contributed by atoms with van der Waals surface area (Å²) in [6.07, 6.45) is 3.23. The minimum absolute atomic E-state index is 0.112. The first kappa shape index (κ1) is 23.7. The van der Waals surface area contributed by atoms with Gasteiger partial charge in [0.25, 0.3) is 5.91 Å². The zero-order chi connectivity index (χ0) is 23.3. The summed E-state index contributed by atoms with van der Waals surface area (Å²) >= 11 is 0. The Morgan fingerprint density at radius 3 is 2.53 bits per heavy atom. The lowest BCUT2D eigenvalue weighted by Crippen LogP contribution is -2.42. The largest absolute Gasteiger partial charge is 0.494 e. The number of rotatable bonds is 6. The van der Waals surface area contributed by atoms with E-state index in [0.717, 1.165) is 24.2 Å². The van der Waals surface area contributed by atoms with Crippen molar-refractivity contribution < 1.29 is 19.1 Å². The average Bonchev–Trinajstić information content (AvgIpc) is 3.23. The van der Waals surface area contributed by atoms with Gasteiger partial charge in [-0.1, -0.05) is 12.1 Å². The summed E-state index contributed by atoms with van der Waals surface area (Å²) in [6, 6.07) is 11.6. The van der Waals surface area contributed by atoms with Crippen molar-refractivity contribution in [3.63, 3.8) is 0 Å². The first-order chi connectivity index (χ1) is 15.2. The number of nitrogens with zero attached hydrogens (tertiary/aromatic N) is 2. The van der Waals surface area contributed by atoms with Crippen LogP contribution in [0.25, 0.3) is 0 Å². The zero-order valence-electron chi connectivity index (χ0n) is 19.8. The maximum absolute atomic E-state index is 13.0. The predicted molar refractivity (Wildman–Crippen MR) is 124 cm³/mol. The molecule has 0 radical (unpaired) electrons. The van der Waals surface area contributed by atoms with Gasteiger partial charge in [0, 0.05) is 25.3 Å². The van der Waals surface area contributed by atoms with E-state index in [9.17, 15) is 9.59 Å². The molecule has 32 heavy (non-hydrogen) atoms. The predicted octanol–water partition coefficient (Wildman–Crippen LogP) is 4.95. The Bertz CT molecular complexity index is 923. The fourth-order valence-electron chi connectivity index (χ4n) is 3.95. The Labute approximate surface area is 190 Å². The Hall–Kier alpha value is -2.96. The van der Waals surface area contributed by atoms with Gasteiger partial charge in [-0.2, -0.15) is 0 Å². The summed E-state index contributed by atoms with van der Waals surface area (Å²) < 4.78 is 13.1. The van der Waals surface area contributed by atoms with E-state index < -0.39 is 5.60 Å². The molecular formula is C25H35N3O4. The molecule has 1 aromatic heterocycles. The second-order valence-corrected chi connectivity index (χ2v) is 9.20. The van der Waals surface area contributed by atoms with Crippen LogP contribution in [0, 0.1) is 0 Å². The van der Waals surface area contributed by atoms with Crippen LogP contribution in [-0.4, -0.2) is 46.8 Å². The number of amides is 2. The highest BCUT2D eigenvalue weighted by atomic mass is 16.6. The summed E-state index contributed by atoms with van der Waals surface area (Å²) in [4.78, 5) is 27.1. The van der Waals surface area contributed by atoms with Crippen LogP contribution >= 0.6 is 0 Å². The van der Waals surface area contributed by atoms with Crippen molar-refractivity contribution in [1.29, 1.82) is 0 Å². The van der Waals surface area contributed by atoms with Crippen molar-refractivity contribution in [2.45, 2.75) is 65.1 Å². The van der Waals surface area contributed by atoms with Gasteiger partial charge in [0.05, 0.1) is 12.6 Å². The fraction of sp³-hybridized carbons (Fsp3) is 0.520. The minimum Gasteiger partial charge on any atom is -0.494 e. The van der Waals surface area contributed by atoms with Gasteiger partial charge >= 0.3 is 6.09 Å². The molecule has 1 aliphatic rings. The van der Waals surface area contributed by atoms with Gasteiger partial charge in [-0.25, -0.2) is 4.79 Å². The normalized spacial score (nSPS) is 15.8. The Kier molecular flexibility index (Phi) is 7.48. The third-order valence-electron chi connectivity index (χ3n) is 5.54. The topological polar surface area (TPSA) is 72.8 Å². The first-order valence-corrected chi connectivity index (χ1v) is 11.4. The highest BCUT2D eigenvalue weighted by Crippen LogP contribution is 2.26. The molecule has 174 valence electrons. The molecule has 2 amide bonds. The van der Waals surface area contributed by atoms with Crippen molar-refractivity contribution >= 4 is 12.0 Å². The van der Waals surface area contributed by atoms with Gasteiger partial charge in [0.2, 0.25) is 0 Å². The molecule has 7 nitrogen and oxygen atoms in total. The van der Waals surface area contributed by atoms with Crippen LogP contribution in [-0.2, 0) is 4.74 Å². The second-order valence-electron chi connectivity index (χ2n) is 9.20. The van der Waals surface area contributed by atoms with E-state index in [0.29, 0.717) is 25.4 Å². The second kappa shape index (κ2) is 10.1. The molecule has 1 aromatic carbocycles. The molecular weight excluding hydrogens is 406 g/mol. The smallest absolute Gasteiger partial charge is 0.410 e. The molecule has 1 unspecified atom stereocenters. The number of hydrogen-bond donors (Lipinski definition) is 1. The van der Waals surface area contributed by atoms with Gasteiger partial charge in [-0.15, -0.1) is 0 Å². The molecule has 0 aliphatic carbocycles. The Morgan fingerprint density at radius 1 is 1.16 bits per heavy atom. The Morgan fingerprint density at radius 2 is 1.88 bits per heavy atom. The first-order valence-electron chi connectivity index (χ1n) is 11.4. The molecule has 1 fully saturated rings. The lowest BCUT2D eigenvalue weighted by Gasteiger charge is -2.34. The number of carbonyl (C=O) groups is 2. The summed E-state index contributed by atoms with van der Waals surface area (Å²) in [5, 5.41) is 3.10. The lowest BCUT2D eigenvalue weighted by atomic mass is 10.0. The van der Waals surface area contributed by atoms with Crippen molar-refractivity contribution in [2.75, 3.05) is 19.7 Å². The Balaban J connectivity index is 1.61. The quantitative estimate of drug-likeness (QED) is 0.688. The molecule has 7 heteroatoms. The number of hydrogen-bond acceptors (Lipinski definition) is 4. The molecule has 2 aromatic rings. The maximum atomic E-state index is 13.0. The van der Waals surface area contributed by atoms with Crippen LogP contribution in [0.3, 0.4) is 0 Å². The molecule has 1 saturated heterocycles. The van der Waals surface area contributed by atoms with Crippen LogP contribution in [0.5, 0.6) is 5.75 Å². The summed E-state index contributed by atoms with van der Waals surface area (Å²) in [7, 11) is 0. The summed E-state index contributed by atoms with van der Waals surface area (Å²) in [6.45, 7) is 11.4. The van der Waals surface area contributed by atoms with E-state index >= 15 is 0 Å². The van der Waals surface area contributed by atoms with Crippen molar-refractivity contribution in [3.05, 3.63) is 53.9 Å². The van der Waals surface area contributed by atoms with Crippen molar-refractivity contribution in [2.24, 2.45) is 0 Å². The van der Waals surface area contributed by atoms with Gasteiger partial charge in [-0.05, 0) is 77.3 Å². The molecule has 0 bridgehead atoms. The van der Waals surface area contributed by atoms with Gasteiger partial charge in [0.1, 0.15) is 17.0 Å². The van der Waals surface area contributed by atoms with Crippen molar-refractivity contribution in [1.82, 2.24) is 14.8 Å². The minimum atomic E-state index is -0.501. The monoisotopic (exact) mass is 441 g/mol. The molecule has 1 N–H and O–H groups in total. The number of likely N-dealkylation sites (tertiary alicyclic amines) is 1. The third-order valence-corrected chi connectivity index (χ3v) is 5.54. The number of carbonyl (C=O) groups excluding carboxylic acids is 2. The molecule has 3 rings (SSSR count). The van der Waals surface area contributed by atoms with Crippen LogP contribution in [0.4, 0.5) is 4.79 Å². The SMILES string of the molecule is CCOc1cccc(C(C)NC(=O)c2cccn2C2CCN(C(=O)OC(C)(C)C)CC2)c1. The zero-order valence-corrected chi connectivity index (χ0v) is 19.8. The van der Waals surface area contributed by atoms with Gasteiger partial charge in [-0.3, -0.25) is 4.79 Å². The van der Waals surface area contributed by atoms with Crippen LogP contribution < -0.4 is 10.1 Å². The van der Waals surface area contributed by atoms with E-state index in [2.05, 4.69) is 5.32 Å². The van der Waals surface area contributed by atoms with Gasteiger partial charge < -0.3 is 24.3 Å². The number of benzene rings is 1. The number of piperidine rings is 1. The van der Waals surface area contributed by atoms with Crippen molar-refractivity contribution in [3.8, 4) is 5.75 Å². The number of ether oxygens (including phenoxy) is 2.